The van der Waals surface area contributed by atoms with Gasteiger partial charge in [-0.2, -0.15) is 9.47 Å². The van der Waals surface area contributed by atoms with Crippen LogP contribution in [0.5, 0.6) is 0 Å². The number of hydrogen-bond acceptors (Lipinski definition) is 8. The van der Waals surface area contributed by atoms with Crippen molar-refractivity contribution < 1.29 is 4.52 Å². The van der Waals surface area contributed by atoms with Gasteiger partial charge in [0, 0.05) is 35.8 Å². The first-order chi connectivity index (χ1) is 15.2. The zero-order chi connectivity index (χ0) is 21.2. The number of hydrogen-bond donors (Lipinski definition) is 0. The molecular weight excluding hydrogens is 436 g/mol. The molecule has 10 heteroatoms. The van der Waals surface area contributed by atoms with E-state index < -0.39 is 0 Å². The van der Waals surface area contributed by atoms with E-state index in [0.29, 0.717) is 22.3 Å². The van der Waals surface area contributed by atoms with Crippen molar-refractivity contribution >= 4 is 29.0 Å². The van der Waals surface area contributed by atoms with Crippen molar-refractivity contribution in [1.29, 1.82) is 0 Å². The van der Waals surface area contributed by atoms with Crippen LogP contribution in [0.1, 0.15) is 25.0 Å². The summed E-state index contributed by atoms with van der Waals surface area (Å²) in [6, 6.07) is 12.4. The van der Waals surface area contributed by atoms with Crippen molar-refractivity contribution in [1.82, 2.24) is 24.3 Å². The standard InChI is InChI=1S/C21H19ClN6O2S/c22-15-6-4-5-14(11-15)21-23-20(26-31-21)17-7-8-19(29)28(24-17)13-16-12-18(25-30-16)27-9-2-1-3-10-27/h4-8,11-12H,1-3,9-10,13H2. The fourth-order valence-corrected chi connectivity index (χ4v) is 4.40. The Morgan fingerprint density at radius 2 is 1.97 bits per heavy atom. The first-order valence-corrected chi connectivity index (χ1v) is 11.2. The summed E-state index contributed by atoms with van der Waals surface area (Å²) in [5.41, 5.74) is 1.17. The molecule has 1 aliphatic rings. The number of piperidine rings is 1. The smallest absolute Gasteiger partial charge is 0.267 e. The summed E-state index contributed by atoms with van der Waals surface area (Å²) >= 11 is 7.33. The van der Waals surface area contributed by atoms with Crippen molar-refractivity contribution in [3.63, 3.8) is 0 Å². The maximum absolute atomic E-state index is 12.4. The Hall–Kier alpha value is -3.04. The van der Waals surface area contributed by atoms with Crippen molar-refractivity contribution in [2.24, 2.45) is 0 Å². The average molecular weight is 455 g/mol. The summed E-state index contributed by atoms with van der Waals surface area (Å²) < 4.78 is 11.2. The van der Waals surface area contributed by atoms with Gasteiger partial charge in [0.2, 0.25) is 0 Å². The van der Waals surface area contributed by atoms with Crippen LogP contribution in [0, 0.1) is 0 Å². The normalized spacial score (nSPS) is 14.2. The van der Waals surface area contributed by atoms with E-state index in [1.165, 1.54) is 28.7 Å². The van der Waals surface area contributed by atoms with E-state index in [1.54, 1.807) is 6.07 Å². The quantitative estimate of drug-likeness (QED) is 0.448. The number of benzene rings is 1. The first-order valence-electron chi connectivity index (χ1n) is 10.0. The van der Waals surface area contributed by atoms with E-state index in [2.05, 4.69) is 24.5 Å². The average Bonchev–Trinajstić information content (AvgIpc) is 3.46. The first kappa shape index (κ1) is 19.9. The zero-order valence-electron chi connectivity index (χ0n) is 16.6. The van der Waals surface area contributed by atoms with E-state index in [4.69, 9.17) is 16.1 Å². The van der Waals surface area contributed by atoms with Gasteiger partial charge in [-0.15, -0.1) is 0 Å². The largest absolute Gasteiger partial charge is 0.357 e. The van der Waals surface area contributed by atoms with Gasteiger partial charge in [0.05, 0.1) is 0 Å². The van der Waals surface area contributed by atoms with E-state index in [-0.39, 0.29) is 12.1 Å². The second kappa shape index (κ2) is 8.60. The fourth-order valence-electron chi connectivity index (χ4n) is 3.54. The molecule has 0 atom stereocenters. The maximum Gasteiger partial charge on any atom is 0.267 e. The zero-order valence-corrected chi connectivity index (χ0v) is 18.1. The molecule has 0 aliphatic carbocycles. The number of aromatic nitrogens is 5. The van der Waals surface area contributed by atoms with Gasteiger partial charge in [0.25, 0.3) is 5.56 Å². The van der Waals surface area contributed by atoms with Crippen molar-refractivity contribution in [2.45, 2.75) is 25.8 Å². The van der Waals surface area contributed by atoms with E-state index in [1.807, 2.05) is 30.3 Å². The second-order valence-corrected chi connectivity index (χ2v) is 8.54. The van der Waals surface area contributed by atoms with Gasteiger partial charge in [0.15, 0.2) is 17.4 Å². The van der Waals surface area contributed by atoms with Crippen LogP contribution < -0.4 is 10.5 Å². The third kappa shape index (κ3) is 4.38. The second-order valence-electron chi connectivity index (χ2n) is 7.35. The van der Waals surface area contributed by atoms with Crippen LogP contribution in [0.2, 0.25) is 5.02 Å². The monoisotopic (exact) mass is 454 g/mol. The molecule has 8 nitrogen and oxygen atoms in total. The lowest BCUT2D eigenvalue weighted by Crippen LogP contribution is -2.29. The van der Waals surface area contributed by atoms with Crippen LogP contribution in [-0.4, -0.2) is 37.4 Å². The summed E-state index contributed by atoms with van der Waals surface area (Å²) in [5, 5.41) is 9.98. The number of nitrogens with zero attached hydrogens (tertiary/aromatic N) is 6. The molecule has 0 saturated carbocycles. The summed E-state index contributed by atoms with van der Waals surface area (Å²) in [4.78, 5) is 19.1. The van der Waals surface area contributed by atoms with Crippen molar-refractivity contribution in [2.75, 3.05) is 18.0 Å². The van der Waals surface area contributed by atoms with E-state index >= 15 is 0 Å². The Kier molecular flexibility index (Phi) is 5.52. The molecule has 0 bridgehead atoms. The molecule has 1 aromatic carbocycles. The van der Waals surface area contributed by atoms with Crippen LogP contribution in [0.4, 0.5) is 5.82 Å². The molecule has 4 heterocycles. The lowest BCUT2D eigenvalue weighted by molar-refractivity contribution is 0.367. The molecule has 3 aromatic heterocycles. The van der Waals surface area contributed by atoms with Crippen molar-refractivity contribution in [3.8, 4) is 22.1 Å². The maximum atomic E-state index is 12.4. The lowest BCUT2D eigenvalue weighted by atomic mass is 10.1. The highest BCUT2D eigenvalue weighted by Gasteiger charge is 2.17. The van der Waals surface area contributed by atoms with Crippen LogP contribution >= 0.6 is 23.1 Å². The van der Waals surface area contributed by atoms with Crippen molar-refractivity contribution in [3.05, 3.63) is 63.6 Å². The summed E-state index contributed by atoms with van der Waals surface area (Å²) in [6.45, 7) is 2.15. The summed E-state index contributed by atoms with van der Waals surface area (Å²) in [5.74, 6) is 1.85. The van der Waals surface area contributed by atoms with Crippen LogP contribution in [0.15, 0.2) is 51.8 Å². The molecule has 31 heavy (non-hydrogen) atoms. The summed E-state index contributed by atoms with van der Waals surface area (Å²) in [6.07, 6.45) is 3.56. The Balaban J connectivity index is 1.38. The van der Waals surface area contributed by atoms with Crippen LogP contribution in [0.25, 0.3) is 22.1 Å². The molecule has 1 fully saturated rings. The Morgan fingerprint density at radius 1 is 1.10 bits per heavy atom. The highest BCUT2D eigenvalue weighted by Crippen LogP contribution is 2.27. The van der Waals surface area contributed by atoms with Crippen LogP contribution in [-0.2, 0) is 6.54 Å². The SMILES string of the molecule is O=c1ccc(-c2nsc(-c3cccc(Cl)c3)n2)nn1Cc1cc(N2CCCCC2)no1. The minimum Gasteiger partial charge on any atom is -0.357 e. The van der Waals surface area contributed by atoms with E-state index in [9.17, 15) is 4.79 Å². The predicted octanol–water partition coefficient (Wildman–Crippen LogP) is 4.11. The highest BCUT2D eigenvalue weighted by molar-refractivity contribution is 7.09. The molecule has 0 radical (unpaired) electrons. The fraction of sp³-hybridized carbons (Fsp3) is 0.286. The van der Waals surface area contributed by atoms with Gasteiger partial charge in [-0.05, 0) is 49.0 Å². The molecule has 1 aliphatic heterocycles. The summed E-state index contributed by atoms with van der Waals surface area (Å²) in [7, 11) is 0. The van der Waals surface area contributed by atoms with Gasteiger partial charge in [-0.3, -0.25) is 4.79 Å². The molecule has 0 N–H and O–H groups in total. The van der Waals surface area contributed by atoms with Gasteiger partial charge in [-0.25, -0.2) is 9.67 Å². The third-order valence-electron chi connectivity index (χ3n) is 5.13. The molecule has 4 aromatic rings. The lowest BCUT2D eigenvalue weighted by Gasteiger charge is -2.25. The molecule has 5 rings (SSSR count). The minimum absolute atomic E-state index is 0.193. The topological polar surface area (TPSA) is 89.9 Å². The molecule has 0 spiro atoms. The van der Waals surface area contributed by atoms with Gasteiger partial charge in [-0.1, -0.05) is 28.9 Å². The third-order valence-corrected chi connectivity index (χ3v) is 6.12. The van der Waals surface area contributed by atoms with Gasteiger partial charge < -0.3 is 9.42 Å². The molecule has 1 saturated heterocycles. The van der Waals surface area contributed by atoms with Crippen LogP contribution in [0.3, 0.4) is 0 Å². The highest BCUT2D eigenvalue weighted by atomic mass is 35.5. The number of halogens is 1. The number of anilines is 1. The Bertz CT molecular complexity index is 1260. The molecule has 158 valence electrons. The molecule has 0 amide bonds. The predicted molar refractivity (Wildman–Crippen MR) is 120 cm³/mol. The minimum atomic E-state index is -0.232. The Labute approximate surface area is 187 Å². The number of rotatable bonds is 5. The Morgan fingerprint density at radius 3 is 2.81 bits per heavy atom. The van der Waals surface area contributed by atoms with Gasteiger partial charge in [0.1, 0.15) is 17.2 Å². The van der Waals surface area contributed by atoms with Gasteiger partial charge >= 0.3 is 0 Å². The van der Waals surface area contributed by atoms with E-state index in [0.717, 1.165) is 42.3 Å². The molecule has 0 unspecified atom stereocenters. The molecular formula is C21H19ClN6O2S.